The fourth-order valence-corrected chi connectivity index (χ4v) is 2.84. The quantitative estimate of drug-likeness (QED) is 0.650. The molecule has 2 fully saturated rings. The molecule has 0 radical (unpaired) electrons. The summed E-state index contributed by atoms with van der Waals surface area (Å²) in [6.07, 6.45) is 5.14. The van der Waals surface area contributed by atoms with Crippen LogP contribution in [0.3, 0.4) is 0 Å². The summed E-state index contributed by atoms with van der Waals surface area (Å²) in [4.78, 5) is 10.6. The van der Waals surface area contributed by atoms with Crippen LogP contribution >= 0.6 is 11.6 Å². The monoisotopic (exact) mass is 266 g/mol. The van der Waals surface area contributed by atoms with E-state index in [4.69, 9.17) is 11.6 Å². The van der Waals surface area contributed by atoms with Crippen molar-refractivity contribution in [1.29, 1.82) is 0 Å². The molecule has 96 valence electrons. The minimum atomic E-state index is -0.366. The van der Waals surface area contributed by atoms with Gasteiger partial charge in [-0.1, -0.05) is 11.6 Å². The highest BCUT2D eigenvalue weighted by atomic mass is 35.5. The van der Waals surface area contributed by atoms with Gasteiger partial charge in [-0.05, 0) is 49.1 Å². The molecule has 0 aromatic heterocycles. The third-order valence-electron chi connectivity index (χ3n) is 4.12. The van der Waals surface area contributed by atoms with Crippen LogP contribution in [0.4, 0.5) is 11.4 Å². The van der Waals surface area contributed by atoms with Gasteiger partial charge in [0.25, 0.3) is 5.69 Å². The molecule has 5 heteroatoms. The van der Waals surface area contributed by atoms with Gasteiger partial charge in [-0.25, -0.2) is 0 Å². The van der Waals surface area contributed by atoms with Crippen LogP contribution in [0.1, 0.15) is 25.7 Å². The molecule has 0 heterocycles. The van der Waals surface area contributed by atoms with E-state index in [0.29, 0.717) is 16.1 Å². The van der Waals surface area contributed by atoms with Gasteiger partial charge in [-0.2, -0.15) is 0 Å². The Morgan fingerprint density at radius 1 is 1.44 bits per heavy atom. The summed E-state index contributed by atoms with van der Waals surface area (Å²) in [7, 11) is 0. The standard InChI is InChI=1S/C13H15ClN2O2/c14-10-3-4-12(16(17)18)11(7-10)15-8-13(5-6-13)9-1-2-9/h3-4,7,9,15H,1-2,5-6,8H2. The lowest BCUT2D eigenvalue weighted by Gasteiger charge is -2.16. The fraction of sp³-hybridized carbons (Fsp3) is 0.538. The minimum absolute atomic E-state index is 0.103. The molecule has 0 bridgehead atoms. The van der Waals surface area contributed by atoms with E-state index in [2.05, 4.69) is 5.32 Å². The summed E-state index contributed by atoms with van der Waals surface area (Å²) < 4.78 is 0. The summed E-state index contributed by atoms with van der Waals surface area (Å²) in [5.74, 6) is 0.836. The SMILES string of the molecule is O=[N+]([O-])c1ccc(Cl)cc1NCC1(C2CC2)CC1. The van der Waals surface area contributed by atoms with Crippen molar-refractivity contribution in [1.82, 2.24) is 0 Å². The predicted octanol–water partition coefficient (Wildman–Crippen LogP) is 3.85. The lowest BCUT2D eigenvalue weighted by molar-refractivity contribution is -0.384. The van der Waals surface area contributed by atoms with Gasteiger partial charge in [-0.3, -0.25) is 10.1 Å². The maximum Gasteiger partial charge on any atom is 0.292 e. The second-order valence-electron chi connectivity index (χ2n) is 5.41. The third-order valence-corrected chi connectivity index (χ3v) is 4.36. The molecule has 0 spiro atoms. The molecular weight excluding hydrogens is 252 g/mol. The van der Waals surface area contributed by atoms with Gasteiger partial charge in [0, 0.05) is 17.6 Å². The number of nitrogens with one attached hydrogen (secondary N) is 1. The Morgan fingerprint density at radius 3 is 2.72 bits per heavy atom. The normalized spacial score (nSPS) is 20.5. The highest BCUT2D eigenvalue weighted by molar-refractivity contribution is 6.31. The molecule has 2 saturated carbocycles. The topological polar surface area (TPSA) is 55.2 Å². The molecule has 0 aliphatic heterocycles. The molecule has 18 heavy (non-hydrogen) atoms. The van der Waals surface area contributed by atoms with Gasteiger partial charge in [-0.15, -0.1) is 0 Å². The van der Waals surface area contributed by atoms with Crippen LogP contribution in [0, 0.1) is 21.4 Å². The summed E-state index contributed by atoms with van der Waals surface area (Å²) in [5, 5.41) is 14.7. The molecule has 2 aliphatic carbocycles. The highest BCUT2D eigenvalue weighted by Gasteiger charge is 2.53. The first kappa shape index (κ1) is 11.8. The van der Waals surface area contributed by atoms with E-state index >= 15 is 0 Å². The van der Waals surface area contributed by atoms with Crippen LogP contribution in [-0.2, 0) is 0 Å². The summed E-state index contributed by atoms with van der Waals surface area (Å²) >= 11 is 5.90. The van der Waals surface area contributed by atoms with E-state index in [1.54, 1.807) is 12.1 Å². The van der Waals surface area contributed by atoms with Gasteiger partial charge in [0.05, 0.1) is 4.92 Å². The van der Waals surface area contributed by atoms with Crippen molar-refractivity contribution in [2.45, 2.75) is 25.7 Å². The number of hydrogen-bond donors (Lipinski definition) is 1. The Balaban J connectivity index is 1.75. The predicted molar refractivity (Wildman–Crippen MR) is 71.0 cm³/mol. The largest absolute Gasteiger partial charge is 0.379 e. The van der Waals surface area contributed by atoms with Crippen molar-refractivity contribution in [2.24, 2.45) is 11.3 Å². The molecule has 0 amide bonds. The van der Waals surface area contributed by atoms with E-state index in [9.17, 15) is 10.1 Å². The van der Waals surface area contributed by atoms with Crippen LogP contribution in [0.15, 0.2) is 18.2 Å². The minimum Gasteiger partial charge on any atom is -0.379 e. The van der Waals surface area contributed by atoms with Gasteiger partial charge < -0.3 is 5.32 Å². The number of hydrogen-bond acceptors (Lipinski definition) is 3. The number of benzene rings is 1. The van der Waals surface area contributed by atoms with E-state index < -0.39 is 0 Å². The fourth-order valence-electron chi connectivity index (χ4n) is 2.67. The van der Waals surface area contributed by atoms with Crippen molar-refractivity contribution in [3.05, 3.63) is 33.3 Å². The van der Waals surface area contributed by atoms with E-state index in [-0.39, 0.29) is 10.6 Å². The lowest BCUT2D eigenvalue weighted by atomic mass is 10.0. The molecule has 1 N–H and O–H groups in total. The average Bonchev–Trinajstić information content (AvgIpc) is 3.18. The number of rotatable bonds is 5. The van der Waals surface area contributed by atoms with E-state index in [0.717, 1.165) is 12.5 Å². The Hall–Kier alpha value is -1.29. The number of nitrogens with zero attached hydrogens (tertiary/aromatic N) is 1. The van der Waals surface area contributed by atoms with Gasteiger partial charge >= 0.3 is 0 Å². The number of anilines is 1. The first-order valence-corrected chi connectivity index (χ1v) is 6.66. The van der Waals surface area contributed by atoms with Crippen LogP contribution in [0.25, 0.3) is 0 Å². The van der Waals surface area contributed by atoms with Crippen molar-refractivity contribution < 1.29 is 4.92 Å². The number of nitro groups is 1. The van der Waals surface area contributed by atoms with Gasteiger partial charge in [0.1, 0.15) is 5.69 Å². The maximum absolute atomic E-state index is 10.9. The zero-order chi connectivity index (χ0) is 12.8. The van der Waals surface area contributed by atoms with Crippen molar-refractivity contribution in [3.63, 3.8) is 0 Å². The van der Waals surface area contributed by atoms with Crippen LogP contribution in [0.2, 0.25) is 5.02 Å². The van der Waals surface area contributed by atoms with Crippen LogP contribution in [-0.4, -0.2) is 11.5 Å². The molecule has 1 aromatic carbocycles. The zero-order valence-electron chi connectivity index (χ0n) is 9.99. The number of nitro benzene ring substituents is 1. The van der Waals surface area contributed by atoms with E-state index in [1.165, 1.54) is 31.7 Å². The zero-order valence-corrected chi connectivity index (χ0v) is 10.7. The highest BCUT2D eigenvalue weighted by Crippen LogP contribution is 2.61. The Kier molecular flexibility index (Phi) is 2.70. The molecule has 0 saturated heterocycles. The van der Waals surface area contributed by atoms with Gasteiger partial charge in [0.2, 0.25) is 0 Å². The second-order valence-corrected chi connectivity index (χ2v) is 5.85. The summed E-state index contributed by atoms with van der Waals surface area (Å²) in [5.41, 5.74) is 1.06. The van der Waals surface area contributed by atoms with E-state index in [1.807, 2.05) is 0 Å². The van der Waals surface area contributed by atoms with Crippen molar-refractivity contribution in [2.75, 3.05) is 11.9 Å². The molecule has 0 atom stereocenters. The second kappa shape index (κ2) is 4.12. The molecular formula is C13H15ClN2O2. The smallest absolute Gasteiger partial charge is 0.292 e. The maximum atomic E-state index is 10.9. The summed E-state index contributed by atoms with van der Waals surface area (Å²) in [6, 6.07) is 4.66. The third kappa shape index (κ3) is 2.17. The lowest BCUT2D eigenvalue weighted by Crippen LogP contribution is -2.17. The van der Waals surface area contributed by atoms with Gasteiger partial charge in [0.15, 0.2) is 0 Å². The molecule has 2 aliphatic rings. The first-order chi connectivity index (χ1) is 8.61. The molecule has 0 unspecified atom stereocenters. The Labute approximate surface area is 110 Å². The van der Waals surface area contributed by atoms with Crippen molar-refractivity contribution in [3.8, 4) is 0 Å². The molecule has 1 aromatic rings. The molecule has 3 rings (SSSR count). The molecule has 4 nitrogen and oxygen atoms in total. The van der Waals surface area contributed by atoms with Crippen LogP contribution < -0.4 is 5.32 Å². The summed E-state index contributed by atoms with van der Waals surface area (Å²) in [6.45, 7) is 0.832. The number of halogens is 1. The van der Waals surface area contributed by atoms with Crippen molar-refractivity contribution >= 4 is 23.0 Å². The average molecular weight is 267 g/mol. The Morgan fingerprint density at radius 2 is 2.17 bits per heavy atom. The first-order valence-electron chi connectivity index (χ1n) is 6.29. The van der Waals surface area contributed by atoms with Crippen LogP contribution in [0.5, 0.6) is 0 Å². The Bertz CT molecular complexity index is 496.